The summed E-state index contributed by atoms with van der Waals surface area (Å²) in [6, 6.07) is 3.15. The highest BCUT2D eigenvalue weighted by atomic mass is 79.9. The van der Waals surface area contributed by atoms with Gasteiger partial charge in [0.1, 0.15) is 5.75 Å². The molecule has 0 aromatic heterocycles. The lowest BCUT2D eigenvalue weighted by molar-refractivity contribution is 0.456. The summed E-state index contributed by atoms with van der Waals surface area (Å²) < 4.78 is 0.476. The van der Waals surface area contributed by atoms with Gasteiger partial charge in [-0.05, 0) is 35.0 Å². The predicted molar refractivity (Wildman–Crippen MR) is 68.7 cm³/mol. The Kier molecular flexibility index (Phi) is 6.55. The van der Waals surface area contributed by atoms with Crippen LogP contribution in [-0.2, 0) is 0 Å². The fourth-order valence-corrected chi connectivity index (χ4v) is 1.70. The molecular weight excluding hydrogens is 303 g/mol. The molecule has 0 radical (unpaired) electrons. The minimum atomic E-state index is -0.256. The smallest absolute Gasteiger partial charge is 0.136 e. The minimum absolute atomic E-state index is 0. The van der Waals surface area contributed by atoms with E-state index in [0.717, 1.165) is 0 Å². The molecule has 3 nitrogen and oxygen atoms in total. The summed E-state index contributed by atoms with van der Waals surface area (Å²) in [5.74, 6) is 0.0958. The van der Waals surface area contributed by atoms with Crippen molar-refractivity contribution in [2.75, 3.05) is 6.54 Å². The molecule has 1 rings (SSSR count). The topological polar surface area (TPSA) is 72.3 Å². The molecule has 0 unspecified atom stereocenters. The first-order chi connectivity index (χ1) is 6.57. The zero-order valence-electron chi connectivity index (χ0n) is 7.91. The Bertz CT molecular complexity index is 336. The van der Waals surface area contributed by atoms with Crippen LogP contribution in [0.5, 0.6) is 5.75 Å². The van der Waals surface area contributed by atoms with Crippen molar-refractivity contribution in [1.82, 2.24) is 0 Å². The van der Waals surface area contributed by atoms with E-state index in [2.05, 4.69) is 15.9 Å². The van der Waals surface area contributed by atoms with Crippen LogP contribution in [0.15, 0.2) is 16.6 Å². The fraction of sp³-hybridized carbons (Fsp3) is 0.333. The third-order valence-corrected chi connectivity index (χ3v) is 3.32. The number of phenolic OH excluding ortho intramolecular Hbond substituents is 1. The molecule has 0 amide bonds. The maximum Gasteiger partial charge on any atom is 0.136 e. The lowest BCUT2D eigenvalue weighted by Gasteiger charge is -2.13. The van der Waals surface area contributed by atoms with Crippen molar-refractivity contribution in [1.29, 1.82) is 0 Å². The first kappa shape index (κ1) is 15.0. The second kappa shape index (κ2) is 6.55. The van der Waals surface area contributed by atoms with Gasteiger partial charge in [-0.1, -0.05) is 17.7 Å². The Balaban J connectivity index is 0.00000196. The van der Waals surface area contributed by atoms with Crippen LogP contribution in [0, 0.1) is 0 Å². The monoisotopic (exact) mass is 314 g/mol. The summed E-state index contributed by atoms with van der Waals surface area (Å²) in [6.45, 7) is 0.487. The number of nitrogens with two attached hydrogens (primary N) is 2. The SMILES string of the molecule is Cl.NCC[C@H](N)c1ccc(Cl)c(Br)c1O. The molecule has 0 aliphatic heterocycles. The van der Waals surface area contributed by atoms with Crippen molar-refractivity contribution in [2.24, 2.45) is 11.5 Å². The van der Waals surface area contributed by atoms with E-state index in [1.54, 1.807) is 12.1 Å². The largest absolute Gasteiger partial charge is 0.506 e. The Morgan fingerprint density at radius 3 is 2.60 bits per heavy atom. The van der Waals surface area contributed by atoms with E-state index in [1.807, 2.05) is 0 Å². The molecule has 0 heterocycles. The van der Waals surface area contributed by atoms with Crippen molar-refractivity contribution in [2.45, 2.75) is 12.5 Å². The number of halogens is 3. The van der Waals surface area contributed by atoms with Gasteiger partial charge in [0, 0.05) is 11.6 Å². The first-order valence-corrected chi connectivity index (χ1v) is 5.37. The van der Waals surface area contributed by atoms with E-state index in [4.69, 9.17) is 23.1 Å². The van der Waals surface area contributed by atoms with E-state index in [0.29, 0.717) is 28.0 Å². The zero-order chi connectivity index (χ0) is 10.7. The molecule has 1 atom stereocenters. The summed E-state index contributed by atoms with van der Waals surface area (Å²) in [5.41, 5.74) is 11.9. The number of hydrogen-bond donors (Lipinski definition) is 3. The van der Waals surface area contributed by atoms with E-state index in [-0.39, 0.29) is 24.2 Å². The van der Waals surface area contributed by atoms with Crippen molar-refractivity contribution >= 4 is 39.9 Å². The third-order valence-electron chi connectivity index (χ3n) is 1.98. The molecule has 1 aromatic carbocycles. The summed E-state index contributed by atoms with van der Waals surface area (Å²) in [6.07, 6.45) is 0.627. The highest BCUT2D eigenvalue weighted by molar-refractivity contribution is 9.10. The Morgan fingerprint density at radius 1 is 1.47 bits per heavy atom. The van der Waals surface area contributed by atoms with Gasteiger partial charge in [0.15, 0.2) is 0 Å². The standard InChI is InChI=1S/C9H12BrClN2O.ClH/c10-8-6(11)2-1-5(9(8)14)7(13)3-4-12;/h1-2,7,14H,3-4,12-13H2;1H/t7-;/m0./s1. The van der Waals surface area contributed by atoms with Gasteiger partial charge in [-0.25, -0.2) is 0 Å². The van der Waals surface area contributed by atoms with Crippen LogP contribution in [0.3, 0.4) is 0 Å². The van der Waals surface area contributed by atoms with Crippen LogP contribution >= 0.6 is 39.9 Å². The van der Waals surface area contributed by atoms with Crippen LogP contribution in [0.2, 0.25) is 5.02 Å². The van der Waals surface area contributed by atoms with Crippen molar-refractivity contribution in [3.63, 3.8) is 0 Å². The lowest BCUT2D eigenvalue weighted by Crippen LogP contribution is -2.15. The van der Waals surface area contributed by atoms with Gasteiger partial charge in [0.2, 0.25) is 0 Å². The van der Waals surface area contributed by atoms with Crippen molar-refractivity contribution in [3.05, 3.63) is 27.2 Å². The maximum atomic E-state index is 9.72. The van der Waals surface area contributed by atoms with Crippen molar-refractivity contribution in [3.8, 4) is 5.75 Å². The minimum Gasteiger partial charge on any atom is -0.506 e. The number of aromatic hydroxyl groups is 1. The number of phenols is 1. The van der Waals surface area contributed by atoms with Gasteiger partial charge in [-0.15, -0.1) is 12.4 Å². The Hall–Kier alpha value is -0.000000000000000111. The molecule has 6 heteroatoms. The van der Waals surface area contributed by atoms with Crippen molar-refractivity contribution < 1.29 is 5.11 Å². The highest BCUT2D eigenvalue weighted by Crippen LogP contribution is 2.37. The quantitative estimate of drug-likeness (QED) is 0.802. The van der Waals surface area contributed by atoms with Crippen LogP contribution in [0.25, 0.3) is 0 Å². The molecule has 0 saturated carbocycles. The molecule has 1 aromatic rings. The summed E-state index contributed by atoms with van der Waals surface area (Å²) in [4.78, 5) is 0. The number of rotatable bonds is 3. The number of benzene rings is 1. The first-order valence-electron chi connectivity index (χ1n) is 4.20. The molecule has 0 saturated heterocycles. The molecule has 0 bridgehead atoms. The summed E-state index contributed by atoms with van der Waals surface area (Å²) >= 11 is 8.98. The fourth-order valence-electron chi connectivity index (χ4n) is 1.19. The van der Waals surface area contributed by atoms with E-state index >= 15 is 0 Å². The molecule has 5 N–H and O–H groups in total. The summed E-state index contributed by atoms with van der Waals surface area (Å²) in [7, 11) is 0. The van der Waals surface area contributed by atoms with Crippen LogP contribution in [-0.4, -0.2) is 11.7 Å². The second-order valence-electron chi connectivity index (χ2n) is 2.98. The lowest BCUT2D eigenvalue weighted by atomic mass is 10.0. The van der Waals surface area contributed by atoms with Gasteiger partial charge in [-0.3, -0.25) is 0 Å². The predicted octanol–water partition coefficient (Wildman–Crippen LogP) is 2.58. The third kappa shape index (κ3) is 3.50. The molecule has 0 aliphatic rings. The van der Waals surface area contributed by atoms with Gasteiger partial charge in [0.25, 0.3) is 0 Å². The molecule has 15 heavy (non-hydrogen) atoms. The molecule has 0 aliphatic carbocycles. The number of hydrogen-bond acceptors (Lipinski definition) is 3. The maximum absolute atomic E-state index is 9.72. The molecule has 0 fully saturated rings. The van der Waals surface area contributed by atoms with Crippen LogP contribution in [0.4, 0.5) is 0 Å². The Labute approximate surface area is 108 Å². The average Bonchev–Trinajstić information content (AvgIpc) is 2.15. The second-order valence-corrected chi connectivity index (χ2v) is 4.18. The van der Waals surface area contributed by atoms with Crippen LogP contribution < -0.4 is 11.5 Å². The van der Waals surface area contributed by atoms with Gasteiger partial charge in [0.05, 0.1) is 9.50 Å². The molecular formula is C9H13BrCl2N2O. The summed E-state index contributed by atoms with van der Waals surface area (Å²) in [5, 5.41) is 10.2. The zero-order valence-corrected chi connectivity index (χ0v) is 11.1. The molecule has 0 spiro atoms. The van der Waals surface area contributed by atoms with Crippen LogP contribution in [0.1, 0.15) is 18.0 Å². The van der Waals surface area contributed by atoms with Gasteiger partial charge >= 0.3 is 0 Å². The Morgan fingerprint density at radius 2 is 2.07 bits per heavy atom. The molecule has 86 valence electrons. The van der Waals surface area contributed by atoms with Gasteiger partial charge in [-0.2, -0.15) is 0 Å². The normalized spacial score (nSPS) is 12.0. The van der Waals surface area contributed by atoms with Gasteiger partial charge < -0.3 is 16.6 Å². The highest BCUT2D eigenvalue weighted by Gasteiger charge is 2.14. The average molecular weight is 316 g/mol. The van der Waals surface area contributed by atoms with E-state index in [1.165, 1.54) is 0 Å². The van der Waals surface area contributed by atoms with E-state index < -0.39 is 0 Å². The van der Waals surface area contributed by atoms with E-state index in [9.17, 15) is 5.11 Å².